The van der Waals surface area contributed by atoms with Gasteiger partial charge in [0.1, 0.15) is 5.75 Å². The van der Waals surface area contributed by atoms with E-state index in [0.29, 0.717) is 53.6 Å². The molecule has 1 aliphatic heterocycles. The third-order valence-electron chi connectivity index (χ3n) is 4.82. The SMILES string of the molecule is COc1ccc(S(=O)(=O)NCCSCc2ccc(Cl)cc2Cl)cc1C(=O)N1CCOCC1. The number of carbonyl (C=O) groups is 1. The van der Waals surface area contributed by atoms with Crippen molar-refractivity contribution in [2.24, 2.45) is 0 Å². The Bertz CT molecular complexity index is 1060. The van der Waals surface area contributed by atoms with Gasteiger partial charge in [-0.25, -0.2) is 13.1 Å². The van der Waals surface area contributed by atoms with Crippen LogP contribution in [0.2, 0.25) is 10.0 Å². The molecule has 1 aliphatic rings. The zero-order valence-electron chi connectivity index (χ0n) is 17.5. The summed E-state index contributed by atoms with van der Waals surface area (Å²) in [5.74, 6) is 1.24. The van der Waals surface area contributed by atoms with Crippen molar-refractivity contribution in [1.82, 2.24) is 9.62 Å². The van der Waals surface area contributed by atoms with E-state index in [1.165, 1.54) is 25.3 Å². The van der Waals surface area contributed by atoms with Gasteiger partial charge in [-0.15, -0.1) is 0 Å². The van der Waals surface area contributed by atoms with Gasteiger partial charge in [-0.05, 0) is 35.9 Å². The van der Waals surface area contributed by atoms with E-state index in [0.717, 1.165) is 5.56 Å². The Kier molecular flexibility index (Phi) is 9.10. The molecule has 0 aliphatic carbocycles. The average molecular weight is 519 g/mol. The van der Waals surface area contributed by atoms with E-state index in [9.17, 15) is 13.2 Å². The second-order valence-corrected chi connectivity index (χ2v) is 10.7. The summed E-state index contributed by atoms with van der Waals surface area (Å²) in [6, 6.07) is 9.59. The van der Waals surface area contributed by atoms with E-state index >= 15 is 0 Å². The summed E-state index contributed by atoms with van der Waals surface area (Å²) in [4.78, 5) is 14.5. The largest absolute Gasteiger partial charge is 0.496 e. The number of methoxy groups -OCH3 is 1. The first-order valence-electron chi connectivity index (χ1n) is 9.88. The van der Waals surface area contributed by atoms with Crippen LogP contribution in [0, 0.1) is 0 Å². The smallest absolute Gasteiger partial charge is 0.257 e. The Morgan fingerprint density at radius 3 is 2.62 bits per heavy atom. The van der Waals surface area contributed by atoms with Crippen LogP contribution in [0.15, 0.2) is 41.3 Å². The number of thioether (sulfide) groups is 1. The van der Waals surface area contributed by atoms with Crippen molar-refractivity contribution >= 4 is 50.9 Å². The molecule has 0 radical (unpaired) electrons. The number of nitrogens with one attached hydrogen (secondary N) is 1. The fourth-order valence-corrected chi connectivity index (χ4v) is 5.71. The van der Waals surface area contributed by atoms with Gasteiger partial charge >= 0.3 is 0 Å². The van der Waals surface area contributed by atoms with Crippen molar-refractivity contribution in [3.05, 3.63) is 57.6 Å². The van der Waals surface area contributed by atoms with E-state index in [-0.39, 0.29) is 22.9 Å². The molecule has 2 aromatic rings. The number of nitrogens with zero attached hydrogens (tertiary/aromatic N) is 1. The predicted molar refractivity (Wildman–Crippen MR) is 128 cm³/mol. The second-order valence-electron chi connectivity index (χ2n) is 6.95. The first-order chi connectivity index (χ1) is 15.3. The first kappa shape index (κ1) is 25.1. The summed E-state index contributed by atoms with van der Waals surface area (Å²) >= 11 is 13.6. The fourth-order valence-electron chi connectivity index (χ4n) is 3.11. The summed E-state index contributed by atoms with van der Waals surface area (Å²) in [7, 11) is -2.34. The number of amides is 1. The van der Waals surface area contributed by atoms with Gasteiger partial charge in [0, 0.05) is 41.2 Å². The molecule has 32 heavy (non-hydrogen) atoms. The summed E-state index contributed by atoms with van der Waals surface area (Å²) in [6.45, 7) is 2.04. The molecule has 1 N–H and O–H groups in total. The minimum atomic E-state index is -3.79. The Morgan fingerprint density at radius 1 is 1.19 bits per heavy atom. The van der Waals surface area contributed by atoms with Crippen LogP contribution in [0.1, 0.15) is 15.9 Å². The molecular formula is C21H24Cl2N2O5S2. The van der Waals surface area contributed by atoms with E-state index in [1.54, 1.807) is 28.8 Å². The highest BCUT2D eigenvalue weighted by atomic mass is 35.5. The number of benzene rings is 2. The molecule has 1 fully saturated rings. The van der Waals surface area contributed by atoms with Crippen LogP contribution >= 0.6 is 35.0 Å². The average Bonchev–Trinajstić information content (AvgIpc) is 2.79. The number of rotatable bonds is 9. The topological polar surface area (TPSA) is 84.9 Å². The normalized spacial score (nSPS) is 14.4. The van der Waals surface area contributed by atoms with Gasteiger partial charge in [0.2, 0.25) is 10.0 Å². The number of hydrogen-bond donors (Lipinski definition) is 1. The molecule has 0 unspecified atom stereocenters. The number of sulfonamides is 1. The molecule has 3 rings (SSSR count). The van der Waals surface area contributed by atoms with Crippen molar-refractivity contribution in [1.29, 1.82) is 0 Å². The molecule has 7 nitrogen and oxygen atoms in total. The number of carbonyl (C=O) groups excluding carboxylic acids is 1. The van der Waals surface area contributed by atoms with Crippen LogP contribution in [-0.2, 0) is 20.5 Å². The maximum atomic E-state index is 12.9. The van der Waals surface area contributed by atoms with Gasteiger partial charge in [-0.1, -0.05) is 29.3 Å². The molecular weight excluding hydrogens is 495 g/mol. The van der Waals surface area contributed by atoms with E-state index in [2.05, 4.69) is 4.72 Å². The van der Waals surface area contributed by atoms with Crippen LogP contribution in [0.25, 0.3) is 0 Å². The fraction of sp³-hybridized carbons (Fsp3) is 0.381. The van der Waals surface area contributed by atoms with Crippen molar-refractivity contribution < 1.29 is 22.7 Å². The molecule has 0 aromatic heterocycles. The van der Waals surface area contributed by atoms with Crippen LogP contribution < -0.4 is 9.46 Å². The lowest BCUT2D eigenvalue weighted by molar-refractivity contribution is 0.0300. The predicted octanol–water partition coefficient (Wildman–Crippen LogP) is 3.69. The molecule has 0 atom stereocenters. The van der Waals surface area contributed by atoms with Crippen molar-refractivity contribution in [3.8, 4) is 5.75 Å². The number of ether oxygens (including phenoxy) is 2. The molecule has 1 heterocycles. The van der Waals surface area contributed by atoms with Crippen molar-refractivity contribution in [2.45, 2.75) is 10.6 Å². The van der Waals surface area contributed by atoms with Gasteiger partial charge in [0.15, 0.2) is 0 Å². The highest BCUT2D eigenvalue weighted by Gasteiger charge is 2.24. The summed E-state index contributed by atoms with van der Waals surface area (Å²) in [6.07, 6.45) is 0. The van der Waals surface area contributed by atoms with Gasteiger partial charge in [-0.2, -0.15) is 11.8 Å². The zero-order valence-corrected chi connectivity index (χ0v) is 20.6. The molecule has 0 spiro atoms. The van der Waals surface area contributed by atoms with Gasteiger partial charge in [0.05, 0.1) is 30.8 Å². The van der Waals surface area contributed by atoms with E-state index in [1.807, 2.05) is 6.07 Å². The van der Waals surface area contributed by atoms with Gasteiger partial charge < -0.3 is 14.4 Å². The van der Waals surface area contributed by atoms with E-state index < -0.39 is 10.0 Å². The lowest BCUT2D eigenvalue weighted by atomic mass is 10.1. The molecule has 1 amide bonds. The minimum Gasteiger partial charge on any atom is -0.496 e. The lowest BCUT2D eigenvalue weighted by Crippen LogP contribution is -2.40. The standard InChI is InChI=1S/C21H24Cl2N2O5S2/c1-29-20-5-4-17(13-18(20)21(26)25-7-9-30-10-8-25)32(27,28)24-6-11-31-14-15-2-3-16(22)12-19(15)23/h2-5,12-13,24H,6-11,14H2,1H3. The Hall–Kier alpha value is -1.49. The quantitative estimate of drug-likeness (QED) is 0.509. The maximum Gasteiger partial charge on any atom is 0.257 e. The van der Waals surface area contributed by atoms with E-state index in [4.69, 9.17) is 32.7 Å². The molecule has 0 saturated carbocycles. The molecule has 1 saturated heterocycles. The lowest BCUT2D eigenvalue weighted by Gasteiger charge is -2.27. The first-order valence-corrected chi connectivity index (χ1v) is 13.3. The monoisotopic (exact) mass is 518 g/mol. The van der Waals surface area contributed by atoms with Crippen LogP contribution in [-0.4, -0.2) is 64.9 Å². The third kappa shape index (κ3) is 6.52. The Morgan fingerprint density at radius 2 is 1.94 bits per heavy atom. The highest BCUT2D eigenvalue weighted by Crippen LogP contribution is 2.26. The molecule has 0 bridgehead atoms. The maximum absolute atomic E-state index is 12.9. The molecule has 174 valence electrons. The van der Waals surface area contributed by atoms with Crippen molar-refractivity contribution in [3.63, 3.8) is 0 Å². The third-order valence-corrected chi connectivity index (χ3v) is 7.87. The molecule has 11 heteroatoms. The summed E-state index contributed by atoms with van der Waals surface area (Å²) in [5, 5.41) is 1.16. The van der Waals surface area contributed by atoms with Crippen LogP contribution in [0.5, 0.6) is 5.75 Å². The number of hydrogen-bond acceptors (Lipinski definition) is 6. The second kappa shape index (κ2) is 11.6. The number of morpholine rings is 1. The zero-order chi connectivity index (χ0) is 23.1. The van der Waals surface area contributed by atoms with Crippen LogP contribution in [0.3, 0.4) is 0 Å². The minimum absolute atomic E-state index is 0.0145. The highest BCUT2D eigenvalue weighted by molar-refractivity contribution is 7.98. The van der Waals surface area contributed by atoms with Gasteiger partial charge in [-0.3, -0.25) is 4.79 Å². The van der Waals surface area contributed by atoms with Crippen molar-refractivity contribution in [2.75, 3.05) is 45.7 Å². The van der Waals surface area contributed by atoms with Crippen LogP contribution in [0.4, 0.5) is 0 Å². The van der Waals surface area contributed by atoms with Gasteiger partial charge in [0.25, 0.3) is 5.91 Å². The number of halogens is 2. The summed E-state index contributed by atoms with van der Waals surface area (Å²) < 4.78 is 38.7. The Labute approximate surface area is 202 Å². The Balaban J connectivity index is 1.61. The summed E-state index contributed by atoms with van der Waals surface area (Å²) in [5.41, 5.74) is 1.15. The molecule has 2 aromatic carbocycles.